The quantitative estimate of drug-likeness (QED) is 0.542. The molecule has 7 heteroatoms. The number of para-hydroxylation sites is 1. The minimum atomic E-state index is -0.000302. The van der Waals surface area contributed by atoms with Gasteiger partial charge in [-0.25, -0.2) is 0 Å². The van der Waals surface area contributed by atoms with Crippen molar-refractivity contribution in [2.24, 2.45) is 5.92 Å². The lowest BCUT2D eigenvalue weighted by Gasteiger charge is -2.32. The molecule has 1 fully saturated rings. The maximum Gasteiger partial charge on any atom is 0.227 e. The molecule has 1 aliphatic rings. The molecule has 4 aromatic rings. The Morgan fingerprint density at radius 2 is 1.74 bits per heavy atom. The van der Waals surface area contributed by atoms with E-state index in [9.17, 15) is 4.79 Å². The molecule has 1 aliphatic heterocycles. The van der Waals surface area contributed by atoms with Crippen LogP contribution in [0.25, 0.3) is 5.65 Å². The van der Waals surface area contributed by atoms with Gasteiger partial charge < -0.3 is 10.2 Å². The molecular formula is C24H24N6O. The fourth-order valence-corrected chi connectivity index (χ4v) is 4.10. The van der Waals surface area contributed by atoms with Gasteiger partial charge >= 0.3 is 0 Å². The molecule has 31 heavy (non-hydrogen) atoms. The molecule has 5 rings (SSSR count). The summed E-state index contributed by atoms with van der Waals surface area (Å²) in [5, 5.41) is 15.6. The summed E-state index contributed by atoms with van der Waals surface area (Å²) in [6.45, 7) is 1.59. The van der Waals surface area contributed by atoms with Crippen LogP contribution in [0.1, 0.15) is 24.0 Å². The Hall–Kier alpha value is -3.74. The second-order valence-corrected chi connectivity index (χ2v) is 7.90. The van der Waals surface area contributed by atoms with E-state index in [0.717, 1.165) is 55.1 Å². The van der Waals surface area contributed by atoms with Crippen LogP contribution < -0.4 is 10.2 Å². The largest absolute Gasteiger partial charge is 0.355 e. The predicted molar refractivity (Wildman–Crippen MR) is 120 cm³/mol. The monoisotopic (exact) mass is 412 g/mol. The standard InChI is InChI=1S/C24H24N6O/c31-24(26-21-9-5-4-8-20(21)16-18-6-2-1-3-7-18)19-12-14-29(15-13-19)23-11-10-22-27-25-17-30(22)28-23/h1-11,17,19H,12-16H2,(H,26,31). The van der Waals surface area contributed by atoms with Gasteiger partial charge in [0.15, 0.2) is 5.65 Å². The van der Waals surface area contributed by atoms with Gasteiger partial charge in [0.05, 0.1) is 0 Å². The van der Waals surface area contributed by atoms with Gasteiger partial charge in [-0.3, -0.25) is 4.79 Å². The van der Waals surface area contributed by atoms with E-state index in [1.807, 2.05) is 48.5 Å². The Morgan fingerprint density at radius 1 is 0.968 bits per heavy atom. The van der Waals surface area contributed by atoms with Crippen LogP contribution in [0.5, 0.6) is 0 Å². The van der Waals surface area contributed by atoms with E-state index in [1.54, 1.807) is 10.8 Å². The molecule has 0 unspecified atom stereocenters. The van der Waals surface area contributed by atoms with Gasteiger partial charge in [0.2, 0.25) is 5.91 Å². The summed E-state index contributed by atoms with van der Waals surface area (Å²) in [5.74, 6) is 0.987. The van der Waals surface area contributed by atoms with Crippen molar-refractivity contribution in [3.8, 4) is 0 Å². The minimum absolute atomic E-state index is 0.000302. The highest BCUT2D eigenvalue weighted by atomic mass is 16.1. The maximum absolute atomic E-state index is 13.0. The van der Waals surface area contributed by atoms with Gasteiger partial charge in [0, 0.05) is 24.7 Å². The van der Waals surface area contributed by atoms with Crippen molar-refractivity contribution in [1.82, 2.24) is 19.8 Å². The summed E-state index contributed by atoms with van der Waals surface area (Å²) in [7, 11) is 0. The van der Waals surface area contributed by atoms with E-state index in [-0.39, 0.29) is 11.8 Å². The molecule has 0 radical (unpaired) electrons. The van der Waals surface area contributed by atoms with Gasteiger partial charge in [0.1, 0.15) is 12.1 Å². The zero-order valence-electron chi connectivity index (χ0n) is 17.2. The number of nitrogens with one attached hydrogen (secondary N) is 1. The van der Waals surface area contributed by atoms with E-state index < -0.39 is 0 Å². The predicted octanol–water partition coefficient (Wildman–Crippen LogP) is 3.57. The Morgan fingerprint density at radius 3 is 2.58 bits per heavy atom. The van der Waals surface area contributed by atoms with Gasteiger partial charge in [-0.1, -0.05) is 48.5 Å². The first-order valence-corrected chi connectivity index (χ1v) is 10.6. The first kappa shape index (κ1) is 19.2. The SMILES string of the molecule is O=C(Nc1ccccc1Cc1ccccc1)C1CCN(c2ccc3nncn3n2)CC1. The lowest BCUT2D eigenvalue weighted by Crippen LogP contribution is -2.38. The van der Waals surface area contributed by atoms with Crippen LogP contribution in [0.4, 0.5) is 11.5 Å². The average Bonchev–Trinajstić information content (AvgIpc) is 3.29. The Balaban J connectivity index is 1.22. The number of fused-ring (bicyclic) bond motifs is 1. The first-order chi connectivity index (χ1) is 15.3. The molecule has 2 aromatic carbocycles. The number of carbonyl (C=O) groups is 1. The van der Waals surface area contributed by atoms with Crippen LogP contribution in [0, 0.1) is 5.92 Å². The Labute approximate surface area is 180 Å². The topological polar surface area (TPSA) is 75.4 Å². The summed E-state index contributed by atoms with van der Waals surface area (Å²) >= 11 is 0. The number of amides is 1. The van der Waals surface area contributed by atoms with Crippen LogP contribution in [-0.4, -0.2) is 38.8 Å². The average molecular weight is 412 g/mol. The molecule has 1 amide bonds. The third-order valence-corrected chi connectivity index (χ3v) is 5.85. The van der Waals surface area contributed by atoms with E-state index in [4.69, 9.17) is 0 Å². The van der Waals surface area contributed by atoms with E-state index >= 15 is 0 Å². The molecule has 0 saturated carbocycles. The minimum Gasteiger partial charge on any atom is -0.355 e. The third kappa shape index (κ3) is 4.26. The number of piperidine rings is 1. The number of nitrogens with zero attached hydrogens (tertiary/aromatic N) is 5. The molecule has 1 N–H and O–H groups in total. The summed E-state index contributed by atoms with van der Waals surface area (Å²) < 4.78 is 1.68. The second-order valence-electron chi connectivity index (χ2n) is 7.90. The summed E-state index contributed by atoms with van der Waals surface area (Å²) in [6.07, 6.45) is 4.00. The van der Waals surface area contributed by atoms with E-state index in [0.29, 0.717) is 0 Å². The Bertz CT molecular complexity index is 1180. The number of rotatable bonds is 5. The van der Waals surface area contributed by atoms with Crippen molar-refractivity contribution >= 4 is 23.1 Å². The number of anilines is 2. The maximum atomic E-state index is 13.0. The number of aromatic nitrogens is 4. The van der Waals surface area contributed by atoms with Gasteiger partial charge in [-0.2, -0.15) is 4.52 Å². The number of benzene rings is 2. The highest BCUT2D eigenvalue weighted by Gasteiger charge is 2.26. The van der Waals surface area contributed by atoms with Crippen LogP contribution in [0.3, 0.4) is 0 Å². The fourth-order valence-electron chi connectivity index (χ4n) is 4.10. The summed E-state index contributed by atoms with van der Waals surface area (Å²) in [6, 6.07) is 22.3. The van der Waals surface area contributed by atoms with E-state index in [1.165, 1.54) is 5.56 Å². The van der Waals surface area contributed by atoms with Crippen molar-refractivity contribution in [3.63, 3.8) is 0 Å². The summed E-state index contributed by atoms with van der Waals surface area (Å²) in [4.78, 5) is 15.2. The molecule has 2 aromatic heterocycles. The fraction of sp³-hybridized carbons (Fsp3) is 0.250. The van der Waals surface area contributed by atoms with Crippen molar-refractivity contribution in [2.75, 3.05) is 23.3 Å². The normalized spacial score (nSPS) is 14.6. The number of hydrogen-bond acceptors (Lipinski definition) is 5. The molecular weight excluding hydrogens is 388 g/mol. The van der Waals surface area contributed by atoms with Gasteiger partial charge in [-0.15, -0.1) is 15.3 Å². The smallest absolute Gasteiger partial charge is 0.227 e. The third-order valence-electron chi connectivity index (χ3n) is 5.85. The highest BCUT2D eigenvalue weighted by molar-refractivity contribution is 5.93. The zero-order chi connectivity index (χ0) is 21.0. The van der Waals surface area contributed by atoms with Crippen molar-refractivity contribution in [3.05, 3.63) is 84.2 Å². The lowest BCUT2D eigenvalue weighted by atomic mass is 9.95. The van der Waals surface area contributed by atoms with Crippen molar-refractivity contribution in [2.45, 2.75) is 19.3 Å². The second kappa shape index (κ2) is 8.55. The van der Waals surface area contributed by atoms with Gasteiger partial charge in [0.25, 0.3) is 0 Å². The van der Waals surface area contributed by atoms with Crippen LogP contribution >= 0.6 is 0 Å². The molecule has 0 spiro atoms. The number of carbonyl (C=O) groups excluding carboxylic acids is 1. The van der Waals surface area contributed by atoms with E-state index in [2.05, 4.69) is 43.7 Å². The molecule has 0 aliphatic carbocycles. The van der Waals surface area contributed by atoms with Crippen LogP contribution in [0.15, 0.2) is 73.1 Å². The first-order valence-electron chi connectivity index (χ1n) is 10.6. The number of hydrogen-bond donors (Lipinski definition) is 1. The van der Waals surface area contributed by atoms with Crippen molar-refractivity contribution < 1.29 is 4.79 Å². The molecule has 156 valence electrons. The molecule has 0 bridgehead atoms. The van der Waals surface area contributed by atoms with Crippen LogP contribution in [0.2, 0.25) is 0 Å². The molecule has 7 nitrogen and oxygen atoms in total. The lowest BCUT2D eigenvalue weighted by molar-refractivity contribution is -0.120. The van der Waals surface area contributed by atoms with Gasteiger partial charge in [-0.05, 0) is 48.6 Å². The molecule has 1 saturated heterocycles. The summed E-state index contributed by atoms with van der Waals surface area (Å²) in [5.41, 5.74) is 3.99. The van der Waals surface area contributed by atoms with Crippen LogP contribution in [-0.2, 0) is 11.2 Å². The molecule has 3 heterocycles. The highest BCUT2D eigenvalue weighted by Crippen LogP contribution is 2.25. The Kier molecular flexibility index (Phi) is 5.31. The zero-order valence-corrected chi connectivity index (χ0v) is 17.2. The van der Waals surface area contributed by atoms with Crippen molar-refractivity contribution in [1.29, 1.82) is 0 Å². The molecule has 0 atom stereocenters.